The van der Waals surface area contributed by atoms with Crippen LogP contribution in [0.3, 0.4) is 0 Å². The summed E-state index contributed by atoms with van der Waals surface area (Å²) < 4.78 is 29.1. The molecule has 0 aliphatic heterocycles. The van der Waals surface area contributed by atoms with Crippen LogP contribution in [0.25, 0.3) is 0 Å². The Morgan fingerprint density at radius 2 is 1.71 bits per heavy atom. The van der Waals surface area contributed by atoms with E-state index in [1.807, 2.05) is 6.92 Å². The molecule has 5 nitrogen and oxygen atoms in total. The minimum absolute atomic E-state index is 0.134. The van der Waals surface area contributed by atoms with Crippen LogP contribution in [0.15, 0.2) is 53.4 Å². The van der Waals surface area contributed by atoms with E-state index in [4.69, 9.17) is 11.6 Å². The summed E-state index contributed by atoms with van der Waals surface area (Å²) in [4.78, 5) is 14.7. The summed E-state index contributed by atoms with van der Waals surface area (Å²) in [5, 5.41) is 3.85. The summed E-state index contributed by atoms with van der Waals surface area (Å²) in [6.07, 6.45) is 2.53. The van der Waals surface area contributed by atoms with Crippen molar-refractivity contribution in [2.75, 3.05) is 10.0 Å². The topological polar surface area (TPSA) is 75.3 Å². The lowest BCUT2D eigenvalue weighted by Gasteiger charge is -2.33. The number of hydrogen-bond donors (Lipinski definition) is 2. The van der Waals surface area contributed by atoms with E-state index < -0.39 is 10.0 Å². The van der Waals surface area contributed by atoms with E-state index in [9.17, 15) is 13.2 Å². The molecule has 4 rings (SSSR count). The van der Waals surface area contributed by atoms with Gasteiger partial charge in [0.25, 0.3) is 15.9 Å². The second-order valence-corrected chi connectivity index (χ2v) is 13.1. The molecule has 1 aromatic heterocycles. The molecule has 1 aliphatic carbocycles. The number of anilines is 2. The number of sulfonamides is 1. The molecular formula is C26H29ClN2O3S2. The van der Waals surface area contributed by atoms with Crippen molar-refractivity contribution in [1.29, 1.82) is 0 Å². The first-order valence-electron chi connectivity index (χ1n) is 11.2. The summed E-state index contributed by atoms with van der Waals surface area (Å²) in [7, 11) is -3.84. The van der Waals surface area contributed by atoms with E-state index in [1.54, 1.807) is 48.5 Å². The lowest BCUT2D eigenvalue weighted by atomic mass is 9.72. The molecule has 3 aromatic rings. The maximum absolute atomic E-state index is 13.4. The molecule has 1 heterocycles. The summed E-state index contributed by atoms with van der Waals surface area (Å²) in [6.45, 7) is 8.59. The minimum Gasteiger partial charge on any atom is -0.322 e. The zero-order chi connectivity index (χ0) is 24.7. The SMILES string of the molecule is Cc1ccc(S(=O)(=O)Nc2sc3c(c2C(=O)Nc2ccc(Cl)cc2)CC[C@H](C(C)(C)C)C3)cc1. The number of carbonyl (C=O) groups is 1. The fourth-order valence-corrected chi connectivity index (χ4v) is 7.02. The molecule has 0 bridgehead atoms. The van der Waals surface area contributed by atoms with Gasteiger partial charge in [-0.25, -0.2) is 8.42 Å². The summed E-state index contributed by atoms with van der Waals surface area (Å²) in [5.74, 6) is 0.142. The van der Waals surface area contributed by atoms with Crippen molar-refractivity contribution >= 4 is 49.6 Å². The van der Waals surface area contributed by atoms with Gasteiger partial charge in [-0.15, -0.1) is 11.3 Å². The number of amides is 1. The summed E-state index contributed by atoms with van der Waals surface area (Å²) in [5.41, 5.74) is 3.07. The number of rotatable bonds is 5. The monoisotopic (exact) mass is 516 g/mol. The fraction of sp³-hybridized carbons (Fsp3) is 0.346. The molecule has 2 aromatic carbocycles. The van der Waals surface area contributed by atoms with Crippen molar-refractivity contribution < 1.29 is 13.2 Å². The first kappa shape index (κ1) is 24.8. The Balaban J connectivity index is 1.72. The van der Waals surface area contributed by atoms with Gasteiger partial charge in [0.1, 0.15) is 5.00 Å². The molecule has 0 saturated carbocycles. The van der Waals surface area contributed by atoms with Crippen LogP contribution in [0, 0.1) is 18.3 Å². The van der Waals surface area contributed by atoms with Gasteiger partial charge in [-0.1, -0.05) is 50.1 Å². The van der Waals surface area contributed by atoms with Crippen LogP contribution < -0.4 is 10.0 Å². The number of benzene rings is 2. The Morgan fingerprint density at radius 1 is 1.06 bits per heavy atom. The number of carbonyl (C=O) groups excluding carboxylic acids is 1. The van der Waals surface area contributed by atoms with Gasteiger partial charge in [-0.3, -0.25) is 9.52 Å². The van der Waals surface area contributed by atoms with E-state index >= 15 is 0 Å². The maximum Gasteiger partial charge on any atom is 0.262 e. The molecular weight excluding hydrogens is 488 g/mol. The highest BCUT2D eigenvalue weighted by molar-refractivity contribution is 7.93. The quantitative estimate of drug-likeness (QED) is 0.386. The van der Waals surface area contributed by atoms with Gasteiger partial charge in [0.2, 0.25) is 0 Å². The maximum atomic E-state index is 13.4. The third kappa shape index (κ3) is 5.32. The Morgan fingerprint density at radius 3 is 2.32 bits per heavy atom. The van der Waals surface area contributed by atoms with Gasteiger partial charge in [-0.2, -0.15) is 0 Å². The number of hydrogen-bond acceptors (Lipinski definition) is 4. The van der Waals surface area contributed by atoms with Crippen LogP contribution in [0.2, 0.25) is 5.02 Å². The molecule has 2 N–H and O–H groups in total. The van der Waals surface area contributed by atoms with Crippen LogP contribution in [0.1, 0.15) is 53.6 Å². The van der Waals surface area contributed by atoms with Gasteiger partial charge in [0, 0.05) is 15.6 Å². The Labute approximate surface area is 210 Å². The number of nitrogens with one attached hydrogen (secondary N) is 2. The van der Waals surface area contributed by atoms with Crippen LogP contribution in [0.5, 0.6) is 0 Å². The molecule has 0 saturated heterocycles. The van der Waals surface area contributed by atoms with Gasteiger partial charge in [0.05, 0.1) is 10.5 Å². The van der Waals surface area contributed by atoms with Gasteiger partial charge in [0.15, 0.2) is 0 Å². The molecule has 8 heteroatoms. The summed E-state index contributed by atoms with van der Waals surface area (Å²) in [6, 6.07) is 13.5. The molecule has 0 radical (unpaired) electrons. The van der Waals surface area contributed by atoms with E-state index in [0.717, 1.165) is 35.3 Å². The molecule has 180 valence electrons. The van der Waals surface area contributed by atoms with Crippen molar-refractivity contribution in [3.63, 3.8) is 0 Å². The van der Waals surface area contributed by atoms with Crippen LogP contribution in [0.4, 0.5) is 10.7 Å². The second kappa shape index (κ2) is 9.36. The normalized spacial score (nSPS) is 16.1. The average Bonchev–Trinajstić information content (AvgIpc) is 3.11. The number of halogens is 1. The smallest absolute Gasteiger partial charge is 0.262 e. The van der Waals surface area contributed by atoms with Crippen molar-refractivity contribution in [2.24, 2.45) is 11.3 Å². The van der Waals surface area contributed by atoms with E-state index in [2.05, 4.69) is 30.8 Å². The molecule has 34 heavy (non-hydrogen) atoms. The minimum atomic E-state index is -3.84. The van der Waals surface area contributed by atoms with E-state index in [-0.39, 0.29) is 16.2 Å². The first-order chi connectivity index (χ1) is 15.9. The van der Waals surface area contributed by atoms with Gasteiger partial charge in [-0.05, 0) is 79.5 Å². The highest BCUT2D eigenvalue weighted by atomic mass is 35.5. The molecule has 1 atom stereocenters. The number of fused-ring (bicyclic) bond motifs is 1. The largest absolute Gasteiger partial charge is 0.322 e. The molecule has 0 fully saturated rings. The van der Waals surface area contributed by atoms with Crippen molar-refractivity contribution in [3.05, 3.63) is 75.1 Å². The molecule has 1 amide bonds. The highest BCUT2D eigenvalue weighted by Gasteiger charge is 2.34. The zero-order valence-corrected chi connectivity index (χ0v) is 22.1. The van der Waals surface area contributed by atoms with Gasteiger partial charge < -0.3 is 5.32 Å². The molecule has 0 unspecified atom stereocenters. The molecule has 0 spiro atoms. The van der Waals surface area contributed by atoms with Crippen molar-refractivity contribution in [3.8, 4) is 0 Å². The van der Waals surface area contributed by atoms with Crippen LogP contribution >= 0.6 is 22.9 Å². The third-order valence-electron chi connectivity index (χ3n) is 6.38. The lowest BCUT2D eigenvalue weighted by molar-refractivity contribution is 0.102. The lowest BCUT2D eigenvalue weighted by Crippen LogP contribution is -2.27. The zero-order valence-electron chi connectivity index (χ0n) is 19.7. The van der Waals surface area contributed by atoms with Crippen molar-refractivity contribution in [1.82, 2.24) is 0 Å². The van der Waals surface area contributed by atoms with Gasteiger partial charge >= 0.3 is 0 Å². The predicted molar refractivity (Wildman–Crippen MR) is 141 cm³/mol. The van der Waals surface area contributed by atoms with E-state index in [0.29, 0.717) is 27.2 Å². The highest BCUT2D eigenvalue weighted by Crippen LogP contribution is 2.45. The Bertz CT molecular complexity index is 1310. The number of aryl methyl sites for hydroxylation is 1. The third-order valence-corrected chi connectivity index (χ3v) is 9.29. The average molecular weight is 517 g/mol. The van der Waals surface area contributed by atoms with Crippen molar-refractivity contribution in [2.45, 2.75) is 51.9 Å². The Kier molecular flexibility index (Phi) is 6.82. The first-order valence-corrected chi connectivity index (χ1v) is 13.9. The standard InChI is InChI=1S/C26H29ClN2O3S2/c1-16-5-12-20(13-6-16)34(31,32)29-25-23(24(30)28-19-10-8-18(27)9-11-19)21-14-7-17(26(2,3)4)15-22(21)33-25/h5-6,8-13,17,29H,7,14-15H2,1-4H3,(H,28,30)/t17-/m0/s1. The Hall–Kier alpha value is -2.35. The number of thiophene rings is 1. The predicted octanol–water partition coefficient (Wildman–Crippen LogP) is 6.91. The van der Waals surface area contributed by atoms with E-state index in [1.165, 1.54) is 11.3 Å². The fourth-order valence-electron chi connectivity index (χ4n) is 4.26. The second-order valence-electron chi connectivity index (χ2n) is 9.89. The summed E-state index contributed by atoms with van der Waals surface area (Å²) >= 11 is 7.35. The van der Waals surface area contributed by atoms with Crippen LogP contribution in [-0.4, -0.2) is 14.3 Å². The van der Waals surface area contributed by atoms with Crippen LogP contribution in [-0.2, 0) is 22.9 Å². The molecule has 1 aliphatic rings.